The van der Waals surface area contributed by atoms with Crippen molar-refractivity contribution in [2.24, 2.45) is 0 Å². The minimum absolute atomic E-state index is 0.233. The maximum Gasteiger partial charge on any atom is 0.327 e. The molecule has 0 aliphatic rings. The Kier molecular flexibility index (Phi) is 7.63. The van der Waals surface area contributed by atoms with Crippen LogP contribution < -0.4 is 10.1 Å². The van der Waals surface area contributed by atoms with E-state index in [1.807, 2.05) is 24.3 Å². The number of carboxylic acids is 1. The molecule has 0 aliphatic carbocycles. The van der Waals surface area contributed by atoms with Gasteiger partial charge in [-0.1, -0.05) is 48.0 Å². The standard InChI is InChI=1S/C18H18ClNO4S/c19-15-9-5-4-6-13(15)11-25-12-16(18(22)23)20-17(21)10-24-14-7-2-1-3-8-14/h1-9,16H,10-12H2,(H,20,21)(H,22,23). The summed E-state index contributed by atoms with van der Waals surface area (Å²) in [6.45, 7) is -0.233. The van der Waals surface area contributed by atoms with Gasteiger partial charge < -0.3 is 15.2 Å². The van der Waals surface area contributed by atoms with Crippen molar-refractivity contribution in [3.8, 4) is 5.75 Å². The summed E-state index contributed by atoms with van der Waals surface area (Å²) in [5.74, 6) is -0.204. The van der Waals surface area contributed by atoms with Gasteiger partial charge in [-0.3, -0.25) is 4.79 Å². The number of para-hydroxylation sites is 1. The van der Waals surface area contributed by atoms with E-state index in [1.54, 1.807) is 30.3 Å². The van der Waals surface area contributed by atoms with Gasteiger partial charge in [0, 0.05) is 16.5 Å². The van der Waals surface area contributed by atoms with Crippen LogP contribution in [0.1, 0.15) is 5.56 Å². The quantitative estimate of drug-likeness (QED) is 0.699. The molecule has 1 atom stereocenters. The highest BCUT2D eigenvalue weighted by molar-refractivity contribution is 7.98. The highest BCUT2D eigenvalue weighted by Crippen LogP contribution is 2.21. The van der Waals surface area contributed by atoms with E-state index in [4.69, 9.17) is 16.3 Å². The molecule has 0 aliphatic heterocycles. The van der Waals surface area contributed by atoms with Crippen LogP contribution in [0.15, 0.2) is 54.6 Å². The summed E-state index contributed by atoms with van der Waals surface area (Å²) in [4.78, 5) is 23.2. The van der Waals surface area contributed by atoms with Crippen LogP contribution in [0.25, 0.3) is 0 Å². The summed E-state index contributed by atoms with van der Waals surface area (Å²) in [7, 11) is 0. The normalized spacial score (nSPS) is 11.6. The first-order chi connectivity index (χ1) is 12.1. The van der Waals surface area contributed by atoms with Crippen LogP contribution in [0, 0.1) is 0 Å². The molecule has 1 unspecified atom stereocenters. The number of benzene rings is 2. The maximum atomic E-state index is 11.9. The van der Waals surface area contributed by atoms with E-state index in [-0.39, 0.29) is 12.4 Å². The predicted octanol–water partition coefficient (Wildman–Crippen LogP) is 3.22. The average Bonchev–Trinajstić information content (AvgIpc) is 2.61. The molecule has 0 bridgehead atoms. The van der Waals surface area contributed by atoms with Crippen molar-refractivity contribution in [2.45, 2.75) is 11.8 Å². The van der Waals surface area contributed by atoms with E-state index in [0.29, 0.717) is 16.5 Å². The SMILES string of the molecule is O=C(COc1ccccc1)NC(CSCc1ccccc1Cl)C(=O)O. The molecule has 5 nitrogen and oxygen atoms in total. The van der Waals surface area contributed by atoms with Crippen molar-refractivity contribution in [2.75, 3.05) is 12.4 Å². The summed E-state index contributed by atoms with van der Waals surface area (Å²) in [6.07, 6.45) is 0. The van der Waals surface area contributed by atoms with Crippen LogP contribution in [0.3, 0.4) is 0 Å². The minimum atomic E-state index is -1.08. The van der Waals surface area contributed by atoms with Gasteiger partial charge >= 0.3 is 5.97 Å². The van der Waals surface area contributed by atoms with Crippen LogP contribution >= 0.6 is 23.4 Å². The lowest BCUT2D eigenvalue weighted by Gasteiger charge is -2.15. The Labute approximate surface area is 155 Å². The molecule has 0 saturated heterocycles. The second kappa shape index (κ2) is 9.96. The lowest BCUT2D eigenvalue weighted by atomic mass is 10.2. The number of aliphatic carboxylic acids is 1. The topological polar surface area (TPSA) is 75.6 Å². The predicted molar refractivity (Wildman–Crippen MR) is 99.1 cm³/mol. The summed E-state index contributed by atoms with van der Waals surface area (Å²) in [5, 5.41) is 12.4. The van der Waals surface area contributed by atoms with Gasteiger partial charge in [-0.05, 0) is 23.8 Å². The second-order valence-corrected chi connectivity index (χ2v) is 6.60. The van der Waals surface area contributed by atoms with Gasteiger partial charge in [0.15, 0.2) is 6.61 Å². The van der Waals surface area contributed by atoms with Crippen molar-refractivity contribution in [1.29, 1.82) is 0 Å². The van der Waals surface area contributed by atoms with Gasteiger partial charge in [0.25, 0.3) is 5.91 Å². The molecule has 0 radical (unpaired) electrons. The number of carboxylic acid groups (broad SMARTS) is 1. The first-order valence-corrected chi connectivity index (χ1v) is 9.10. The lowest BCUT2D eigenvalue weighted by Crippen LogP contribution is -2.44. The third-order valence-corrected chi connectivity index (χ3v) is 4.70. The molecule has 7 heteroatoms. The number of rotatable bonds is 9. The third kappa shape index (κ3) is 6.68. The Morgan fingerprint density at radius 1 is 1.12 bits per heavy atom. The fourth-order valence-electron chi connectivity index (χ4n) is 1.98. The van der Waals surface area contributed by atoms with Gasteiger partial charge in [0.2, 0.25) is 0 Å². The molecule has 2 rings (SSSR count). The molecule has 2 N–H and O–H groups in total. The molecule has 0 spiro atoms. The molecule has 0 aromatic heterocycles. The Hall–Kier alpha value is -2.18. The monoisotopic (exact) mass is 379 g/mol. The maximum absolute atomic E-state index is 11.9. The van der Waals surface area contributed by atoms with Gasteiger partial charge in [-0.15, -0.1) is 0 Å². The van der Waals surface area contributed by atoms with E-state index in [2.05, 4.69) is 5.32 Å². The van der Waals surface area contributed by atoms with Crippen LogP contribution in [0.2, 0.25) is 5.02 Å². The van der Waals surface area contributed by atoms with Gasteiger partial charge in [0.05, 0.1) is 0 Å². The largest absolute Gasteiger partial charge is 0.484 e. The van der Waals surface area contributed by atoms with Crippen molar-refractivity contribution < 1.29 is 19.4 Å². The summed E-state index contributed by atoms with van der Waals surface area (Å²) in [6, 6.07) is 15.3. The average molecular weight is 380 g/mol. The molecular weight excluding hydrogens is 362 g/mol. The fraction of sp³-hybridized carbons (Fsp3) is 0.222. The fourth-order valence-corrected chi connectivity index (χ4v) is 3.31. The van der Waals surface area contributed by atoms with E-state index in [0.717, 1.165) is 5.56 Å². The summed E-state index contributed by atoms with van der Waals surface area (Å²) < 4.78 is 5.31. The highest BCUT2D eigenvalue weighted by atomic mass is 35.5. The number of carbonyl (C=O) groups excluding carboxylic acids is 1. The number of amides is 1. The number of nitrogens with one attached hydrogen (secondary N) is 1. The molecule has 2 aromatic rings. The lowest BCUT2D eigenvalue weighted by molar-refractivity contribution is -0.141. The summed E-state index contributed by atoms with van der Waals surface area (Å²) >= 11 is 7.46. The second-order valence-electron chi connectivity index (χ2n) is 5.17. The first kappa shape index (κ1) is 19.1. The van der Waals surface area contributed by atoms with Crippen molar-refractivity contribution >= 4 is 35.2 Å². The van der Waals surface area contributed by atoms with E-state index < -0.39 is 17.9 Å². The zero-order valence-corrected chi connectivity index (χ0v) is 14.9. The van der Waals surface area contributed by atoms with Crippen LogP contribution in [0.4, 0.5) is 0 Å². The zero-order chi connectivity index (χ0) is 18.1. The van der Waals surface area contributed by atoms with Crippen LogP contribution in [-0.4, -0.2) is 35.4 Å². The van der Waals surface area contributed by atoms with E-state index in [9.17, 15) is 14.7 Å². The van der Waals surface area contributed by atoms with Crippen molar-refractivity contribution in [3.63, 3.8) is 0 Å². The molecule has 25 heavy (non-hydrogen) atoms. The molecule has 0 saturated carbocycles. The molecule has 132 valence electrons. The van der Waals surface area contributed by atoms with Crippen LogP contribution in [0.5, 0.6) is 5.75 Å². The number of thioether (sulfide) groups is 1. The van der Waals surface area contributed by atoms with Gasteiger partial charge in [0.1, 0.15) is 11.8 Å². The Bertz CT molecular complexity index is 711. The summed E-state index contributed by atoms with van der Waals surface area (Å²) in [5.41, 5.74) is 0.928. The zero-order valence-electron chi connectivity index (χ0n) is 13.4. The van der Waals surface area contributed by atoms with Crippen molar-refractivity contribution in [1.82, 2.24) is 5.32 Å². The van der Waals surface area contributed by atoms with E-state index >= 15 is 0 Å². The smallest absolute Gasteiger partial charge is 0.327 e. The number of carbonyl (C=O) groups is 2. The number of hydrogen-bond acceptors (Lipinski definition) is 4. The molecule has 0 fully saturated rings. The minimum Gasteiger partial charge on any atom is -0.484 e. The van der Waals surface area contributed by atoms with Gasteiger partial charge in [-0.2, -0.15) is 11.8 Å². The Balaban J connectivity index is 1.78. The van der Waals surface area contributed by atoms with Crippen molar-refractivity contribution in [3.05, 3.63) is 65.2 Å². The Morgan fingerprint density at radius 3 is 2.48 bits per heavy atom. The molecule has 0 heterocycles. The molecule has 2 aromatic carbocycles. The molecule has 1 amide bonds. The van der Waals surface area contributed by atoms with E-state index in [1.165, 1.54) is 11.8 Å². The molecular formula is C18H18ClNO4S. The van der Waals surface area contributed by atoms with Gasteiger partial charge in [-0.25, -0.2) is 4.79 Å². The Morgan fingerprint density at radius 2 is 1.80 bits per heavy atom. The first-order valence-electron chi connectivity index (χ1n) is 7.57. The third-order valence-electron chi connectivity index (χ3n) is 3.25. The van der Waals surface area contributed by atoms with Crippen LogP contribution in [-0.2, 0) is 15.3 Å². The highest BCUT2D eigenvalue weighted by Gasteiger charge is 2.20. The number of halogens is 1. The number of ether oxygens (including phenoxy) is 1. The number of hydrogen-bond donors (Lipinski definition) is 2.